The fourth-order valence-electron chi connectivity index (χ4n) is 2.42. The molecule has 1 aromatic carbocycles. The number of benzene rings is 1. The smallest absolute Gasteiger partial charge is 0.137 e. The zero-order valence-corrected chi connectivity index (χ0v) is 11.8. The van der Waals surface area contributed by atoms with E-state index in [1.165, 1.54) is 0 Å². The van der Waals surface area contributed by atoms with Crippen LogP contribution in [0.1, 0.15) is 36.8 Å². The molecule has 104 valence electrons. The van der Waals surface area contributed by atoms with Crippen molar-refractivity contribution >= 4 is 17.4 Å². The monoisotopic (exact) mass is 281 g/mol. The van der Waals surface area contributed by atoms with E-state index in [1.54, 1.807) is 0 Å². The van der Waals surface area contributed by atoms with Crippen LogP contribution in [0, 0.1) is 0 Å². The van der Waals surface area contributed by atoms with Crippen molar-refractivity contribution in [2.45, 2.75) is 38.5 Å². The van der Waals surface area contributed by atoms with Gasteiger partial charge in [0.15, 0.2) is 0 Å². The minimum Gasteiger partial charge on any atom is -0.493 e. The molecule has 0 aromatic heterocycles. The number of hydrogen-bond acceptors (Lipinski definition) is 3. The Hall–Kier alpha value is -1.06. The Morgan fingerprint density at radius 2 is 2.16 bits per heavy atom. The first-order valence-corrected chi connectivity index (χ1v) is 7.24. The number of hydrogen-bond donors (Lipinski definition) is 1. The molecule has 0 atom stereocenters. The van der Waals surface area contributed by atoms with Gasteiger partial charge in [0.1, 0.15) is 11.5 Å². The van der Waals surface area contributed by atoms with E-state index in [-0.39, 0.29) is 5.78 Å². The molecular weight excluding hydrogens is 262 g/mol. The normalized spacial score (nSPS) is 13.2. The van der Waals surface area contributed by atoms with Crippen molar-refractivity contribution in [3.05, 3.63) is 28.3 Å². The molecule has 0 aliphatic carbocycles. The summed E-state index contributed by atoms with van der Waals surface area (Å²) < 4.78 is 5.60. The van der Waals surface area contributed by atoms with Gasteiger partial charge < -0.3 is 10.5 Å². The summed E-state index contributed by atoms with van der Waals surface area (Å²) in [4.78, 5) is 12.0. The van der Waals surface area contributed by atoms with E-state index in [9.17, 15) is 4.79 Å². The molecule has 0 radical (unpaired) electrons. The summed E-state index contributed by atoms with van der Waals surface area (Å²) in [6.07, 6.45) is 4.84. The van der Waals surface area contributed by atoms with Gasteiger partial charge in [-0.1, -0.05) is 18.0 Å². The number of nitrogens with two attached hydrogens (primary N) is 1. The van der Waals surface area contributed by atoms with E-state index in [4.69, 9.17) is 22.1 Å². The number of carbonyl (C=O) groups excluding carboxylic acids is 1. The summed E-state index contributed by atoms with van der Waals surface area (Å²) in [7, 11) is 0. The summed E-state index contributed by atoms with van der Waals surface area (Å²) >= 11 is 6.08. The molecule has 4 heteroatoms. The number of carbonyl (C=O) groups is 1. The zero-order chi connectivity index (χ0) is 13.7. The summed E-state index contributed by atoms with van der Waals surface area (Å²) in [5.74, 6) is 1.12. The van der Waals surface area contributed by atoms with Crippen molar-refractivity contribution in [2.24, 2.45) is 5.73 Å². The van der Waals surface area contributed by atoms with E-state index < -0.39 is 0 Å². The number of Topliss-reactive ketones (excluding diaryl/α,β-unsaturated/α-hetero) is 1. The lowest BCUT2D eigenvalue weighted by atomic mass is 10.0. The first-order valence-electron chi connectivity index (χ1n) is 6.86. The lowest BCUT2D eigenvalue weighted by Crippen LogP contribution is -2.05. The van der Waals surface area contributed by atoms with Crippen molar-refractivity contribution in [3.63, 3.8) is 0 Å². The third-order valence-electron chi connectivity index (χ3n) is 3.37. The highest BCUT2D eigenvalue weighted by Crippen LogP contribution is 2.33. The summed E-state index contributed by atoms with van der Waals surface area (Å²) in [6, 6.07) is 3.78. The number of unbranched alkanes of at least 4 members (excludes halogenated alkanes) is 2. The highest BCUT2D eigenvalue weighted by molar-refractivity contribution is 6.30. The maximum Gasteiger partial charge on any atom is 0.137 e. The molecule has 0 saturated carbocycles. The Morgan fingerprint density at radius 1 is 1.32 bits per heavy atom. The minimum atomic E-state index is 0.247. The Kier molecular flexibility index (Phi) is 5.23. The van der Waals surface area contributed by atoms with Gasteiger partial charge in [-0.2, -0.15) is 0 Å². The van der Waals surface area contributed by atoms with Gasteiger partial charge in [0.05, 0.1) is 6.61 Å². The van der Waals surface area contributed by atoms with Crippen LogP contribution in [-0.4, -0.2) is 18.9 Å². The Morgan fingerprint density at radius 3 is 2.95 bits per heavy atom. The highest BCUT2D eigenvalue weighted by Gasteiger charge is 2.19. The zero-order valence-electron chi connectivity index (χ0n) is 11.1. The van der Waals surface area contributed by atoms with Gasteiger partial charge in [0.2, 0.25) is 0 Å². The summed E-state index contributed by atoms with van der Waals surface area (Å²) in [6.45, 7) is 1.39. The average Bonchev–Trinajstić information content (AvgIpc) is 2.82. The van der Waals surface area contributed by atoms with E-state index in [0.717, 1.165) is 42.6 Å². The van der Waals surface area contributed by atoms with Crippen molar-refractivity contribution < 1.29 is 9.53 Å². The molecule has 1 heterocycles. The number of ketones is 1. The van der Waals surface area contributed by atoms with Crippen LogP contribution < -0.4 is 10.5 Å². The predicted octanol–water partition coefficient (Wildman–Crippen LogP) is 2.91. The van der Waals surface area contributed by atoms with Crippen LogP contribution in [0.25, 0.3) is 0 Å². The number of halogens is 1. The number of fused-ring (bicyclic) bond motifs is 1. The van der Waals surface area contributed by atoms with Crippen molar-refractivity contribution in [1.29, 1.82) is 0 Å². The fraction of sp³-hybridized carbons (Fsp3) is 0.533. The Bertz CT molecular complexity index is 460. The third-order valence-corrected chi connectivity index (χ3v) is 3.59. The van der Waals surface area contributed by atoms with Gasteiger partial charge >= 0.3 is 0 Å². The quantitative estimate of drug-likeness (QED) is 0.782. The first-order chi connectivity index (χ1) is 9.20. The minimum absolute atomic E-state index is 0.247. The molecule has 0 spiro atoms. The van der Waals surface area contributed by atoms with Crippen LogP contribution in [0.2, 0.25) is 5.02 Å². The highest BCUT2D eigenvalue weighted by atomic mass is 35.5. The van der Waals surface area contributed by atoms with E-state index in [0.29, 0.717) is 31.0 Å². The van der Waals surface area contributed by atoms with Gasteiger partial charge in [-0.05, 0) is 37.1 Å². The largest absolute Gasteiger partial charge is 0.493 e. The van der Waals surface area contributed by atoms with Crippen molar-refractivity contribution in [1.82, 2.24) is 0 Å². The molecule has 1 aromatic rings. The molecule has 0 unspecified atom stereocenters. The lowest BCUT2D eigenvalue weighted by molar-refractivity contribution is -0.118. The first kappa shape index (κ1) is 14.4. The fourth-order valence-corrected chi connectivity index (χ4v) is 2.68. The van der Waals surface area contributed by atoms with E-state index in [2.05, 4.69) is 0 Å². The van der Waals surface area contributed by atoms with Gasteiger partial charge in [0.25, 0.3) is 0 Å². The van der Waals surface area contributed by atoms with Crippen LogP contribution in [0.4, 0.5) is 0 Å². The van der Waals surface area contributed by atoms with Crippen LogP contribution in [0.15, 0.2) is 12.1 Å². The maximum absolute atomic E-state index is 12.0. The maximum atomic E-state index is 12.0. The molecule has 2 N–H and O–H groups in total. The molecule has 1 aliphatic heterocycles. The Balaban J connectivity index is 1.94. The molecule has 0 saturated heterocycles. The molecular formula is C15H20ClNO2. The van der Waals surface area contributed by atoms with Crippen LogP contribution >= 0.6 is 11.6 Å². The van der Waals surface area contributed by atoms with Crippen LogP contribution in [0.5, 0.6) is 5.75 Å². The average molecular weight is 282 g/mol. The van der Waals surface area contributed by atoms with Gasteiger partial charge in [-0.15, -0.1) is 0 Å². The predicted molar refractivity (Wildman–Crippen MR) is 76.9 cm³/mol. The molecule has 1 aliphatic rings. The topological polar surface area (TPSA) is 52.3 Å². The molecule has 2 rings (SSSR count). The standard InChI is InChI=1S/C15H20ClNO2/c16-13-8-11-5-7-19-15(11)12(9-13)10-14(18)4-2-1-3-6-17/h8-9H,1-7,10,17H2. The second kappa shape index (κ2) is 6.92. The van der Waals surface area contributed by atoms with Crippen LogP contribution in [-0.2, 0) is 17.6 Å². The number of ether oxygens (including phenoxy) is 1. The van der Waals surface area contributed by atoms with E-state index >= 15 is 0 Å². The van der Waals surface area contributed by atoms with Gasteiger partial charge in [-0.25, -0.2) is 0 Å². The second-order valence-electron chi connectivity index (χ2n) is 4.97. The Labute approximate surface area is 119 Å². The molecule has 0 amide bonds. The molecule has 0 fully saturated rings. The molecule has 19 heavy (non-hydrogen) atoms. The van der Waals surface area contributed by atoms with Crippen molar-refractivity contribution in [2.75, 3.05) is 13.2 Å². The molecule has 3 nitrogen and oxygen atoms in total. The third kappa shape index (κ3) is 3.95. The van der Waals surface area contributed by atoms with Gasteiger partial charge in [-0.3, -0.25) is 4.79 Å². The second-order valence-corrected chi connectivity index (χ2v) is 5.40. The summed E-state index contributed by atoms with van der Waals surface area (Å²) in [5.41, 5.74) is 7.49. The summed E-state index contributed by atoms with van der Waals surface area (Å²) in [5, 5.41) is 0.690. The van der Waals surface area contributed by atoms with E-state index in [1.807, 2.05) is 12.1 Å². The SMILES string of the molecule is NCCCCCC(=O)Cc1cc(Cl)cc2c1OCC2. The van der Waals surface area contributed by atoms with Gasteiger partial charge in [0, 0.05) is 29.8 Å². The van der Waals surface area contributed by atoms with Crippen molar-refractivity contribution in [3.8, 4) is 5.75 Å². The lowest BCUT2D eigenvalue weighted by Gasteiger charge is -2.08. The van der Waals surface area contributed by atoms with Crippen LogP contribution in [0.3, 0.4) is 0 Å². The molecule has 0 bridgehead atoms. The number of rotatable bonds is 7.